The monoisotopic (exact) mass is 224 g/mol. The summed E-state index contributed by atoms with van der Waals surface area (Å²) in [6.45, 7) is 5.72. The third kappa shape index (κ3) is 3.77. The molecule has 1 heterocycles. The minimum absolute atomic E-state index is 0.160. The molecule has 5 nitrogen and oxygen atoms in total. The van der Waals surface area contributed by atoms with Crippen molar-refractivity contribution in [2.45, 2.75) is 26.4 Å². The average Bonchev–Trinajstić information content (AvgIpc) is 2.28. The highest BCUT2D eigenvalue weighted by Gasteiger charge is 2.10. The van der Waals surface area contributed by atoms with E-state index >= 15 is 0 Å². The number of hydrogen-bond acceptors (Lipinski definition) is 5. The van der Waals surface area contributed by atoms with E-state index in [0.29, 0.717) is 19.1 Å². The average molecular weight is 224 g/mol. The summed E-state index contributed by atoms with van der Waals surface area (Å²) in [4.78, 5) is 6.43. The van der Waals surface area contributed by atoms with Gasteiger partial charge < -0.3 is 10.5 Å². The molecule has 0 saturated heterocycles. The molecule has 0 radical (unpaired) electrons. The number of nitrogen functional groups attached to an aromatic ring is 1. The van der Waals surface area contributed by atoms with Gasteiger partial charge in [0.25, 0.3) is 0 Å². The van der Waals surface area contributed by atoms with Crippen LogP contribution in [-0.2, 0) is 6.54 Å². The summed E-state index contributed by atoms with van der Waals surface area (Å²) < 4.78 is 0. The van der Waals surface area contributed by atoms with E-state index in [1.165, 1.54) is 0 Å². The number of nitrogens with two attached hydrogens (primary N) is 1. The summed E-state index contributed by atoms with van der Waals surface area (Å²) in [5.41, 5.74) is 4.38. The van der Waals surface area contributed by atoms with Gasteiger partial charge >= 0.3 is 0 Å². The van der Waals surface area contributed by atoms with Crippen molar-refractivity contribution >= 4 is 5.69 Å². The second-order valence-electron chi connectivity index (χ2n) is 3.97. The summed E-state index contributed by atoms with van der Waals surface area (Å²) in [5.74, 6) is 5.34. The lowest BCUT2D eigenvalue weighted by atomic mass is 10.2. The van der Waals surface area contributed by atoms with E-state index in [-0.39, 0.29) is 6.61 Å². The minimum Gasteiger partial charge on any atom is -0.395 e. The first kappa shape index (κ1) is 12.9. The molecule has 0 atom stereocenters. The molecule has 1 rings (SSSR count). The molecular formula is C11H20N4O. The lowest BCUT2D eigenvalue weighted by Gasteiger charge is -2.25. The summed E-state index contributed by atoms with van der Waals surface area (Å²) in [5, 5.41) is 8.97. The fourth-order valence-electron chi connectivity index (χ4n) is 1.51. The fourth-order valence-corrected chi connectivity index (χ4v) is 1.51. The quantitative estimate of drug-likeness (QED) is 0.486. The number of nitrogens with zero attached hydrogens (tertiary/aromatic N) is 2. The molecule has 16 heavy (non-hydrogen) atoms. The number of hydrazine groups is 1. The molecule has 0 fully saturated rings. The van der Waals surface area contributed by atoms with Gasteiger partial charge in [-0.05, 0) is 26.0 Å². The number of hydrogen-bond donors (Lipinski definition) is 3. The SMILES string of the molecule is CC(C)N(CCO)Cc1cc(NN)ccn1. The maximum atomic E-state index is 8.97. The van der Waals surface area contributed by atoms with Crippen molar-refractivity contribution < 1.29 is 5.11 Å². The summed E-state index contributed by atoms with van der Waals surface area (Å²) in [6, 6.07) is 4.10. The zero-order valence-electron chi connectivity index (χ0n) is 9.85. The molecule has 0 saturated carbocycles. The summed E-state index contributed by atoms with van der Waals surface area (Å²) in [7, 11) is 0. The molecule has 90 valence electrons. The molecule has 0 aliphatic carbocycles. The Balaban J connectivity index is 2.68. The van der Waals surface area contributed by atoms with Crippen molar-refractivity contribution in [3.8, 4) is 0 Å². The van der Waals surface area contributed by atoms with Crippen LogP contribution < -0.4 is 11.3 Å². The zero-order valence-corrected chi connectivity index (χ0v) is 9.85. The van der Waals surface area contributed by atoms with Gasteiger partial charge in [0.1, 0.15) is 0 Å². The smallest absolute Gasteiger partial charge is 0.0565 e. The second-order valence-corrected chi connectivity index (χ2v) is 3.97. The van der Waals surface area contributed by atoms with Crippen LogP contribution in [0.4, 0.5) is 5.69 Å². The van der Waals surface area contributed by atoms with Crippen LogP contribution >= 0.6 is 0 Å². The van der Waals surface area contributed by atoms with Gasteiger partial charge in [-0.15, -0.1) is 0 Å². The van der Waals surface area contributed by atoms with Crippen LogP contribution in [0.1, 0.15) is 19.5 Å². The molecule has 4 N–H and O–H groups in total. The highest BCUT2D eigenvalue weighted by atomic mass is 16.3. The number of pyridine rings is 1. The van der Waals surface area contributed by atoms with E-state index < -0.39 is 0 Å². The van der Waals surface area contributed by atoms with Crippen LogP contribution in [0.3, 0.4) is 0 Å². The maximum absolute atomic E-state index is 8.97. The van der Waals surface area contributed by atoms with Crippen molar-refractivity contribution in [3.05, 3.63) is 24.0 Å². The predicted molar refractivity (Wildman–Crippen MR) is 64.7 cm³/mol. The first-order chi connectivity index (χ1) is 7.67. The molecule has 0 aliphatic heterocycles. The van der Waals surface area contributed by atoms with Crippen LogP contribution in [0.2, 0.25) is 0 Å². The number of aliphatic hydroxyl groups excluding tert-OH is 1. The number of anilines is 1. The first-order valence-electron chi connectivity index (χ1n) is 5.43. The molecule has 5 heteroatoms. The molecule has 0 amide bonds. The minimum atomic E-state index is 0.160. The molecule has 0 bridgehead atoms. The number of nitrogens with one attached hydrogen (secondary N) is 1. The summed E-state index contributed by atoms with van der Waals surface area (Å²) >= 11 is 0. The van der Waals surface area contributed by atoms with E-state index in [4.69, 9.17) is 10.9 Å². The Hall–Kier alpha value is -1.17. The van der Waals surface area contributed by atoms with Crippen LogP contribution in [0.25, 0.3) is 0 Å². The lowest BCUT2D eigenvalue weighted by Crippen LogP contribution is -2.33. The lowest BCUT2D eigenvalue weighted by molar-refractivity contribution is 0.158. The van der Waals surface area contributed by atoms with Crippen LogP contribution in [-0.4, -0.2) is 34.2 Å². The standard InChI is InChI=1S/C11H20N4O/c1-9(2)15(5-6-16)8-11-7-10(14-12)3-4-13-11/h3-4,7,9,16H,5-6,8,12H2,1-2H3,(H,13,14). The summed E-state index contributed by atoms with van der Waals surface area (Å²) in [6.07, 6.45) is 1.72. The number of rotatable bonds is 6. The first-order valence-corrected chi connectivity index (χ1v) is 5.43. The Bertz CT molecular complexity index is 317. The normalized spacial score (nSPS) is 11.1. The van der Waals surface area contributed by atoms with Crippen LogP contribution in [0, 0.1) is 0 Å². The van der Waals surface area contributed by atoms with Crippen molar-refractivity contribution in [1.82, 2.24) is 9.88 Å². The van der Waals surface area contributed by atoms with Crippen LogP contribution in [0.15, 0.2) is 18.3 Å². The van der Waals surface area contributed by atoms with Gasteiger partial charge in [0.2, 0.25) is 0 Å². The van der Waals surface area contributed by atoms with Crippen molar-refractivity contribution in [2.24, 2.45) is 5.84 Å². The molecule has 0 spiro atoms. The Morgan fingerprint density at radius 1 is 1.56 bits per heavy atom. The molecule has 1 aromatic rings. The van der Waals surface area contributed by atoms with E-state index in [9.17, 15) is 0 Å². The predicted octanol–water partition coefficient (Wildman–Crippen LogP) is 0.570. The van der Waals surface area contributed by atoms with Crippen molar-refractivity contribution in [2.75, 3.05) is 18.6 Å². The van der Waals surface area contributed by atoms with Gasteiger partial charge in [0, 0.05) is 25.3 Å². The van der Waals surface area contributed by atoms with E-state index in [0.717, 1.165) is 11.4 Å². The van der Waals surface area contributed by atoms with Gasteiger partial charge in [-0.2, -0.15) is 0 Å². The third-order valence-corrected chi connectivity index (χ3v) is 2.47. The van der Waals surface area contributed by atoms with E-state index in [1.807, 2.05) is 12.1 Å². The maximum Gasteiger partial charge on any atom is 0.0565 e. The number of aromatic nitrogens is 1. The number of aliphatic hydroxyl groups is 1. The fraction of sp³-hybridized carbons (Fsp3) is 0.545. The Morgan fingerprint density at radius 2 is 2.31 bits per heavy atom. The van der Waals surface area contributed by atoms with E-state index in [2.05, 4.69) is 29.2 Å². The molecule has 0 unspecified atom stereocenters. The van der Waals surface area contributed by atoms with E-state index in [1.54, 1.807) is 6.20 Å². The highest BCUT2D eigenvalue weighted by molar-refractivity contribution is 5.41. The third-order valence-electron chi connectivity index (χ3n) is 2.47. The largest absolute Gasteiger partial charge is 0.395 e. The topological polar surface area (TPSA) is 74.4 Å². The van der Waals surface area contributed by atoms with Gasteiger partial charge in [0.15, 0.2) is 0 Å². The van der Waals surface area contributed by atoms with Gasteiger partial charge in [0.05, 0.1) is 18.0 Å². The molecule has 0 aliphatic rings. The Morgan fingerprint density at radius 3 is 2.88 bits per heavy atom. The Kier molecular flexibility index (Phi) is 5.18. The van der Waals surface area contributed by atoms with Crippen molar-refractivity contribution in [1.29, 1.82) is 0 Å². The molecular weight excluding hydrogens is 204 g/mol. The highest BCUT2D eigenvalue weighted by Crippen LogP contribution is 2.10. The molecule has 1 aromatic heterocycles. The van der Waals surface area contributed by atoms with Gasteiger partial charge in [-0.3, -0.25) is 15.7 Å². The zero-order chi connectivity index (χ0) is 12.0. The Labute approximate surface area is 96.3 Å². The van der Waals surface area contributed by atoms with Gasteiger partial charge in [-0.1, -0.05) is 0 Å². The molecule has 0 aromatic carbocycles. The van der Waals surface area contributed by atoms with Crippen molar-refractivity contribution in [3.63, 3.8) is 0 Å². The second kappa shape index (κ2) is 6.42. The van der Waals surface area contributed by atoms with Crippen LogP contribution in [0.5, 0.6) is 0 Å². The van der Waals surface area contributed by atoms with Gasteiger partial charge in [-0.25, -0.2) is 0 Å².